The van der Waals surface area contributed by atoms with E-state index in [-0.39, 0.29) is 132 Å². The fourth-order valence-corrected chi connectivity index (χ4v) is 5.68. The number of ether oxygens (including phenoxy) is 4. The summed E-state index contributed by atoms with van der Waals surface area (Å²) in [6.45, 7) is -0.382. The number of carboxylic acids is 2. The average molecular weight is 1020 g/mol. The molecular weight excluding hydrogens is 966 g/mol. The minimum Gasteiger partial charge on any atom is -0.870 e. The van der Waals surface area contributed by atoms with Crippen LogP contribution in [0.2, 0.25) is 0 Å². The van der Waals surface area contributed by atoms with Crippen LogP contribution in [0.4, 0.5) is 17.1 Å². The fourth-order valence-electron chi connectivity index (χ4n) is 5.68. The number of amides is 2. The van der Waals surface area contributed by atoms with Gasteiger partial charge in [0.1, 0.15) is 0 Å². The van der Waals surface area contributed by atoms with Gasteiger partial charge in [-0.05, 0) is 54.6 Å². The van der Waals surface area contributed by atoms with Crippen LogP contribution in [0.15, 0.2) is 115 Å². The normalized spacial score (nSPS) is 9.42. The molecule has 0 fully saturated rings. The Balaban J connectivity index is 0. The summed E-state index contributed by atoms with van der Waals surface area (Å²) in [6.07, 6.45) is 0. The maximum atomic E-state index is 12.1. The van der Waals surface area contributed by atoms with Gasteiger partial charge in [0.05, 0.1) is 88.0 Å². The van der Waals surface area contributed by atoms with Crippen molar-refractivity contribution in [1.82, 2.24) is 10.6 Å². The van der Waals surface area contributed by atoms with E-state index in [4.69, 9.17) is 15.9 Å². The number of nitrogens with one attached hydrogen (secondary N) is 4. The van der Waals surface area contributed by atoms with Crippen molar-refractivity contribution in [2.24, 2.45) is 0 Å². The molecule has 5 aromatic carbocycles. The molecule has 0 saturated carbocycles. The van der Waals surface area contributed by atoms with E-state index in [2.05, 4.69) is 40.2 Å². The number of hydrogen-bond acceptors (Lipinski definition) is 18. The molecule has 0 saturated heterocycles. The SMILES string of the molecule is C.C.COC(=O)c1cc(N)cc(C(=O)OC)c1.COC(=O)c1cc(NC(=O)CNCC(=O)c2ccccc2)cc(C(=O)OC)c1.O=C(CNCC(=O)c1ccccc1)Nc1cc(C(=O)O)cc(C(=O)O)c1.[Na+].[OH-]. The van der Waals surface area contributed by atoms with Crippen LogP contribution >= 0.6 is 0 Å². The van der Waals surface area contributed by atoms with Crippen molar-refractivity contribution < 1.29 is 112 Å². The minimum absolute atomic E-state index is 0. The Bertz CT molecular complexity index is 2600. The summed E-state index contributed by atoms with van der Waals surface area (Å²) in [4.78, 5) is 116. The molecule has 22 nitrogen and oxygen atoms in total. The van der Waals surface area contributed by atoms with E-state index in [0.717, 1.165) is 18.2 Å². The Labute approximate surface area is 442 Å². The zero-order valence-electron chi connectivity index (χ0n) is 38.9. The Morgan fingerprint density at radius 3 is 0.986 bits per heavy atom. The molecule has 5 aromatic rings. The first-order chi connectivity index (χ1) is 32.9. The van der Waals surface area contributed by atoms with Crippen LogP contribution in [0.5, 0.6) is 0 Å². The summed E-state index contributed by atoms with van der Waals surface area (Å²) < 4.78 is 18.3. The van der Waals surface area contributed by atoms with Crippen LogP contribution in [-0.4, -0.2) is 130 Å². The number of Topliss-reactive ketones (excluding diaryl/α,β-unsaturated/α-hetero) is 2. The topological polar surface area (TPSA) is 352 Å². The largest absolute Gasteiger partial charge is 1.00 e. The van der Waals surface area contributed by atoms with Gasteiger partial charge in [-0.2, -0.15) is 0 Å². The average Bonchev–Trinajstić information content (AvgIpc) is 3.35. The summed E-state index contributed by atoms with van der Waals surface area (Å²) in [5, 5.41) is 28.4. The second-order valence-corrected chi connectivity index (χ2v) is 13.9. The van der Waals surface area contributed by atoms with E-state index in [0.29, 0.717) is 16.8 Å². The van der Waals surface area contributed by atoms with Gasteiger partial charge in [0.25, 0.3) is 0 Å². The van der Waals surface area contributed by atoms with Gasteiger partial charge in [0, 0.05) is 28.2 Å². The summed E-state index contributed by atoms with van der Waals surface area (Å²) >= 11 is 0. The Morgan fingerprint density at radius 2 is 0.699 bits per heavy atom. The number of hydrogen-bond donors (Lipinski definition) is 7. The second-order valence-electron chi connectivity index (χ2n) is 13.9. The molecule has 0 atom stereocenters. The summed E-state index contributed by atoms with van der Waals surface area (Å²) in [7, 11) is 4.92. The van der Waals surface area contributed by atoms with Gasteiger partial charge in [0.2, 0.25) is 11.8 Å². The maximum Gasteiger partial charge on any atom is 1.00 e. The molecule has 2 amide bonds. The van der Waals surface area contributed by atoms with Gasteiger partial charge in [-0.25, -0.2) is 28.8 Å². The van der Waals surface area contributed by atoms with Crippen molar-refractivity contribution in [3.8, 4) is 0 Å². The molecule has 0 unspecified atom stereocenters. The Morgan fingerprint density at radius 1 is 0.425 bits per heavy atom. The van der Waals surface area contributed by atoms with E-state index < -0.39 is 47.6 Å². The number of benzene rings is 5. The van der Waals surface area contributed by atoms with Crippen molar-refractivity contribution in [2.75, 3.05) is 71.0 Å². The van der Waals surface area contributed by atoms with E-state index in [1.165, 1.54) is 64.8 Å². The first-order valence-corrected chi connectivity index (χ1v) is 20.1. The number of nitrogen functional groups attached to an aromatic ring is 1. The van der Waals surface area contributed by atoms with Crippen LogP contribution in [0, 0.1) is 0 Å². The molecule has 0 spiro atoms. The molecule has 384 valence electrons. The van der Waals surface area contributed by atoms with E-state index >= 15 is 0 Å². The quantitative estimate of drug-likeness (QED) is 0.0217. The minimum atomic E-state index is -1.31. The van der Waals surface area contributed by atoms with Crippen molar-refractivity contribution in [3.05, 3.63) is 160 Å². The number of aromatic carboxylic acids is 2. The van der Waals surface area contributed by atoms with Gasteiger partial charge in [-0.1, -0.05) is 75.5 Å². The van der Waals surface area contributed by atoms with Crippen molar-refractivity contribution in [3.63, 3.8) is 0 Å². The van der Waals surface area contributed by atoms with Gasteiger partial charge in [-0.3, -0.25) is 19.2 Å². The third-order valence-electron chi connectivity index (χ3n) is 8.90. The molecule has 9 N–H and O–H groups in total. The number of methoxy groups -OCH3 is 4. The molecule has 0 aromatic heterocycles. The Hall–Kier alpha value is -8.12. The number of esters is 4. The number of carbonyl (C=O) groups is 10. The third-order valence-corrected chi connectivity index (χ3v) is 8.90. The first kappa shape index (κ1) is 67.0. The molecule has 0 radical (unpaired) electrons. The number of anilines is 3. The molecule has 0 bridgehead atoms. The van der Waals surface area contributed by atoms with E-state index in [1.54, 1.807) is 54.6 Å². The van der Waals surface area contributed by atoms with Crippen molar-refractivity contribution in [2.45, 2.75) is 14.9 Å². The number of carbonyl (C=O) groups excluding carboxylic acids is 8. The summed E-state index contributed by atoms with van der Waals surface area (Å²) in [6, 6.07) is 28.9. The first-order valence-electron chi connectivity index (χ1n) is 20.1. The third kappa shape index (κ3) is 22.7. The van der Waals surface area contributed by atoms with Gasteiger partial charge >= 0.3 is 65.4 Å². The Kier molecular flexibility index (Phi) is 31.4. The van der Waals surface area contributed by atoms with Crippen molar-refractivity contribution >= 4 is 76.3 Å². The standard InChI is InChI=1S/C20H20N2O6.C18H16N2O6.C10H11NO4.2CH4.Na.H2O/c1-27-19(25)14-8-15(20(26)28-2)10-16(9-14)22-18(24)12-21-11-17(23)13-6-4-3-5-7-13;21-15(11-4-2-1-3-5-11)9-19-10-16(22)20-14-7-12(17(23)24)6-13(8-14)18(25)26;1-14-9(12)6-3-7(10(13)15-2)5-8(11)4-6;;;;/h3-10,21H,11-12H2,1-2H3,(H,22,24);1-8,19H,9-10H2,(H,20,22)(H,23,24)(H,25,26);3-5H,11H2,1-2H3;2*1H4;;1H2/q;;;;;+1;/p-1. The maximum absolute atomic E-state index is 12.1. The zero-order chi connectivity index (χ0) is 51.0. The van der Waals surface area contributed by atoms with Crippen LogP contribution in [0.1, 0.15) is 97.7 Å². The van der Waals surface area contributed by atoms with E-state index in [1.807, 2.05) is 6.07 Å². The summed E-state index contributed by atoms with van der Waals surface area (Å²) in [5.41, 5.74) is 7.27. The van der Waals surface area contributed by atoms with Gasteiger partial charge in [-0.15, -0.1) is 0 Å². The van der Waals surface area contributed by atoms with Crippen LogP contribution in [0.25, 0.3) is 0 Å². The van der Waals surface area contributed by atoms with Crippen LogP contribution in [-0.2, 0) is 28.5 Å². The smallest absolute Gasteiger partial charge is 0.870 e. The second kappa shape index (κ2) is 34.2. The van der Waals surface area contributed by atoms with Gasteiger partial charge in [0.15, 0.2) is 11.6 Å². The molecule has 73 heavy (non-hydrogen) atoms. The molecule has 0 aliphatic carbocycles. The molecule has 23 heteroatoms. The number of carboxylic acid groups (broad SMARTS) is 2. The zero-order valence-corrected chi connectivity index (χ0v) is 40.9. The molecule has 0 aliphatic rings. The van der Waals surface area contributed by atoms with E-state index in [9.17, 15) is 47.9 Å². The number of nitrogens with two attached hydrogens (primary N) is 1. The molecule has 0 aliphatic heterocycles. The molecule has 0 heterocycles. The number of rotatable bonds is 18. The van der Waals surface area contributed by atoms with Crippen LogP contribution in [0.3, 0.4) is 0 Å². The fraction of sp³-hybridized carbons (Fsp3) is 0.200. The molecular formula is C50H56N5NaO17. The van der Waals surface area contributed by atoms with Crippen molar-refractivity contribution in [1.29, 1.82) is 0 Å². The number of ketones is 2. The monoisotopic (exact) mass is 1020 g/mol. The predicted octanol–water partition coefficient (Wildman–Crippen LogP) is 2.11. The van der Waals surface area contributed by atoms with Crippen LogP contribution < -0.4 is 56.6 Å². The molecule has 5 rings (SSSR count). The predicted molar refractivity (Wildman–Crippen MR) is 263 cm³/mol. The summed E-state index contributed by atoms with van der Waals surface area (Å²) in [5.74, 6) is -6.34. The van der Waals surface area contributed by atoms with Gasteiger partial charge < -0.3 is 61.6 Å².